The molecule has 0 atom stereocenters. The van der Waals surface area contributed by atoms with Crippen molar-refractivity contribution in [3.8, 4) is 0 Å². The summed E-state index contributed by atoms with van der Waals surface area (Å²) in [4.78, 5) is 23.2. The van der Waals surface area contributed by atoms with E-state index in [1.165, 1.54) is 14.0 Å². The molecule has 22 heavy (non-hydrogen) atoms. The second-order valence-corrected chi connectivity index (χ2v) is 5.91. The molecule has 5 nitrogen and oxygen atoms in total. The van der Waals surface area contributed by atoms with Gasteiger partial charge in [0.25, 0.3) is 0 Å². The number of hydrogen-bond donors (Lipinski definition) is 1. The third-order valence-corrected chi connectivity index (χ3v) is 3.94. The molecule has 0 radical (unpaired) electrons. The molecule has 0 aliphatic rings. The Morgan fingerprint density at radius 1 is 1.41 bits per heavy atom. The minimum Gasteiger partial charge on any atom is -0.464 e. The van der Waals surface area contributed by atoms with Crippen molar-refractivity contribution in [3.05, 3.63) is 32.8 Å². The smallest absolute Gasteiger partial charge is 0.353 e. The zero-order valence-corrected chi connectivity index (χ0v) is 15.0. The molecule has 1 N–H and O–H groups in total. The first-order chi connectivity index (χ1) is 10.4. The zero-order chi connectivity index (χ0) is 16.7. The summed E-state index contributed by atoms with van der Waals surface area (Å²) in [6, 6.07) is 3.64. The van der Waals surface area contributed by atoms with E-state index in [4.69, 9.17) is 11.6 Å². The lowest BCUT2D eigenvalue weighted by atomic mass is 10.0. The van der Waals surface area contributed by atoms with Crippen molar-refractivity contribution in [1.82, 2.24) is 5.43 Å². The van der Waals surface area contributed by atoms with Crippen LogP contribution in [0.25, 0.3) is 0 Å². The minimum atomic E-state index is -0.534. The molecule has 120 valence electrons. The number of Topliss-reactive ketones (excluding diaryl/α,β-unsaturated/α-hetero) is 1. The highest BCUT2D eigenvalue weighted by Gasteiger charge is 2.12. The molecule has 0 saturated carbocycles. The van der Waals surface area contributed by atoms with Gasteiger partial charge in [0, 0.05) is 15.9 Å². The number of hydrazone groups is 1. The Hall–Kier alpha value is -1.40. The van der Waals surface area contributed by atoms with E-state index >= 15 is 0 Å². The fourth-order valence-corrected chi connectivity index (χ4v) is 2.88. The first kappa shape index (κ1) is 18.6. The van der Waals surface area contributed by atoms with Crippen LogP contribution in [-0.2, 0) is 27.2 Å². The number of carbonyl (C=O) groups is 2. The van der Waals surface area contributed by atoms with Gasteiger partial charge in [0.15, 0.2) is 5.78 Å². The van der Waals surface area contributed by atoms with E-state index in [1.807, 2.05) is 13.0 Å². The van der Waals surface area contributed by atoms with Crippen LogP contribution in [0.5, 0.6) is 0 Å². The number of carbonyl (C=O) groups excluding carboxylic acids is 2. The number of esters is 1. The summed E-state index contributed by atoms with van der Waals surface area (Å²) < 4.78 is 5.33. The number of methoxy groups -OCH3 is 1. The van der Waals surface area contributed by atoms with Crippen molar-refractivity contribution >= 4 is 45.0 Å². The van der Waals surface area contributed by atoms with Crippen molar-refractivity contribution < 1.29 is 14.3 Å². The number of ether oxygens (including phenoxy) is 1. The van der Waals surface area contributed by atoms with Crippen LogP contribution in [-0.4, -0.2) is 31.1 Å². The van der Waals surface area contributed by atoms with Gasteiger partial charge in [-0.3, -0.25) is 4.79 Å². The van der Waals surface area contributed by atoms with Gasteiger partial charge < -0.3 is 10.2 Å². The number of ketones is 1. The molecule has 0 bridgehead atoms. The summed E-state index contributed by atoms with van der Waals surface area (Å²) in [6.07, 6.45) is 1.05. The average molecular weight is 390 g/mol. The maximum atomic E-state index is 12.0. The zero-order valence-electron chi connectivity index (χ0n) is 12.7. The van der Waals surface area contributed by atoms with Crippen LogP contribution in [0.4, 0.5) is 0 Å². The van der Waals surface area contributed by atoms with E-state index < -0.39 is 5.97 Å². The van der Waals surface area contributed by atoms with Crippen LogP contribution < -0.4 is 5.43 Å². The fraction of sp³-hybridized carbons (Fsp3) is 0.400. The van der Waals surface area contributed by atoms with E-state index in [9.17, 15) is 9.59 Å². The normalized spacial score (nSPS) is 11.2. The molecular formula is C15H18BrClN2O3. The lowest BCUT2D eigenvalue weighted by molar-refractivity contribution is -0.132. The highest BCUT2D eigenvalue weighted by atomic mass is 79.9. The van der Waals surface area contributed by atoms with Crippen molar-refractivity contribution in [2.45, 2.75) is 26.7 Å². The summed E-state index contributed by atoms with van der Waals surface area (Å²) in [5, 5.41) is 4.43. The first-order valence-electron chi connectivity index (χ1n) is 6.73. The van der Waals surface area contributed by atoms with E-state index in [0.717, 1.165) is 22.0 Å². The van der Waals surface area contributed by atoms with Crippen LogP contribution in [0.15, 0.2) is 21.7 Å². The Bertz CT molecular complexity index is 603. The number of halogens is 2. The van der Waals surface area contributed by atoms with E-state index in [-0.39, 0.29) is 24.5 Å². The first-order valence-corrected chi connectivity index (χ1v) is 7.90. The standard InChI is InChI=1S/C15H18BrClN2O3/c1-4-10-5-11(17)6-14(16)13(10)7-12(20)8-18-19-9(2)15(21)22-3/h5-6,18H,4,7-8H2,1-3H3. The minimum absolute atomic E-state index is 0.0343. The molecule has 0 heterocycles. The van der Waals surface area contributed by atoms with Crippen molar-refractivity contribution in [2.24, 2.45) is 5.10 Å². The van der Waals surface area contributed by atoms with E-state index in [2.05, 4.69) is 31.2 Å². The fourth-order valence-electron chi connectivity index (χ4n) is 1.87. The van der Waals surface area contributed by atoms with Crippen molar-refractivity contribution in [2.75, 3.05) is 13.7 Å². The average Bonchev–Trinajstić information content (AvgIpc) is 2.48. The highest BCUT2D eigenvalue weighted by molar-refractivity contribution is 9.10. The van der Waals surface area contributed by atoms with Crippen LogP contribution in [0.2, 0.25) is 5.02 Å². The largest absolute Gasteiger partial charge is 0.464 e. The molecule has 0 aliphatic heterocycles. The Balaban J connectivity index is 2.69. The predicted molar refractivity (Wildman–Crippen MR) is 90.4 cm³/mol. The molecule has 0 unspecified atom stereocenters. The molecule has 1 rings (SSSR count). The number of benzene rings is 1. The van der Waals surface area contributed by atoms with Gasteiger partial charge in [-0.25, -0.2) is 4.79 Å². The summed E-state index contributed by atoms with van der Waals surface area (Å²) >= 11 is 9.45. The monoisotopic (exact) mass is 388 g/mol. The second-order valence-electron chi connectivity index (χ2n) is 4.62. The summed E-state index contributed by atoms with van der Waals surface area (Å²) in [6.45, 7) is 3.55. The van der Waals surface area contributed by atoms with Crippen LogP contribution in [0, 0.1) is 0 Å². The summed E-state index contributed by atoms with van der Waals surface area (Å²) in [5.41, 5.74) is 4.70. The maximum absolute atomic E-state index is 12.0. The molecular weight excluding hydrogens is 372 g/mol. The van der Waals surface area contributed by atoms with Gasteiger partial charge in [-0.05, 0) is 36.6 Å². The highest BCUT2D eigenvalue weighted by Crippen LogP contribution is 2.26. The van der Waals surface area contributed by atoms with Gasteiger partial charge in [-0.15, -0.1) is 0 Å². The van der Waals surface area contributed by atoms with Gasteiger partial charge in [-0.1, -0.05) is 34.5 Å². The van der Waals surface area contributed by atoms with Gasteiger partial charge in [0.05, 0.1) is 13.7 Å². The molecule has 0 aromatic heterocycles. The number of aryl methyl sites for hydroxylation is 1. The van der Waals surface area contributed by atoms with Gasteiger partial charge in [-0.2, -0.15) is 5.10 Å². The maximum Gasteiger partial charge on any atom is 0.353 e. The molecule has 0 saturated heterocycles. The summed E-state index contributed by atoms with van der Waals surface area (Å²) in [5.74, 6) is -0.576. The Kier molecular flexibility index (Phi) is 7.55. The molecule has 7 heteroatoms. The Morgan fingerprint density at radius 2 is 2.09 bits per heavy atom. The molecule has 0 spiro atoms. The predicted octanol–water partition coefficient (Wildman–Crippen LogP) is 2.92. The lowest BCUT2D eigenvalue weighted by Gasteiger charge is -2.11. The third-order valence-electron chi connectivity index (χ3n) is 3.01. The molecule has 0 amide bonds. The summed E-state index contributed by atoms with van der Waals surface area (Å²) in [7, 11) is 1.27. The molecule has 0 aliphatic carbocycles. The number of rotatable bonds is 7. The van der Waals surface area contributed by atoms with E-state index in [0.29, 0.717) is 5.02 Å². The van der Waals surface area contributed by atoms with Crippen LogP contribution in [0.3, 0.4) is 0 Å². The number of nitrogens with one attached hydrogen (secondary N) is 1. The van der Waals surface area contributed by atoms with Crippen LogP contribution in [0.1, 0.15) is 25.0 Å². The van der Waals surface area contributed by atoms with E-state index in [1.54, 1.807) is 6.07 Å². The van der Waals surface area contributed by atoms with Crippen LogP contribution >= 0.6 is 27.5 Å². The Morgan fingerprint density at radius 3 is 2.68 bits per heavy atom. The molecule has 1 aromatic carbocycles. The Labute approximate surface area is 143 Å². The van der Waals surface area contributed by atoms with Gasteiger partial charge in [0.2, 0.25) is 0 Å². The topological polar surface area (TPSA) is 67.8 Å². The van der Waals surface area contributed by atoms with Gasteiger partial charge in [0.1, 0.15) is 5.71 Å². The second kappa shape index (κ2) is 8.90. The van der Waals surface area contributed by atoms with Gasteiger partial charge >= 0.3 is 5.97 Å². The quantitative estimate of drug-likeness (QED) is 0.442. The third kappa shape index (κ3) is 5.42. The number of nitrogens with zero attached hydrogens (tertiary/aromatic N) is 1. The molecule has 1 aromatic rings. The number of hydrogen-bond acceptors (Lipinski definition) is 5. The van der Waals surface area contributed by atoms with Crippen molar-refractivity contribution in [3.63, 3.8) is 0 Å². The van der Waals surface area contributed by atoms with Crippen molar-refractivity contribution in [1.29, 1.82) is 0 Å². The SMILES string of the molecule is CCc1cc(Cl)cc(Br)c1CC(=O)CNN=C(C)C(=O)OC. The lowest BCUT2D eigenvalue weighted by Crippen LogP contribution is -2.23. The molecule has 0 fully saturated rings.